The number of anilines is 2. The maximum Gasteiger partial charge on any atom is 0.274 e. The molecule has 0 saturated carbocycles. The first-order chi connectivity index (χ1) is 12.8. The Labute approximate surface area is 155 Å². The smallest absolute Gasteiger partial charge is 0.274 e. The number of benzene rings is 1. The largest absolute Gasteiger partial charge is 0.339 e. The molecule has 1 aliphatic heterocycles. The van der Waals surface area contributed by atoms with Crippen LogP contribution in [0.25, 0.3) is 0 Å². The normalized spacial score (nSPS) is 18.3. The predicted octanol–water partition coefficient (Wildman–Crippen LogP) is 2.15. The maximum absolute atomic E-state index is 13.2. The van der Waals surface area contributed by atoms with E-state index in [0.29, 0.717) is 13.0 Å². The van der Waals surface area contributed by atoms with E-state index < -0.39 is 27.4 Å². The Morgan fingerprint density at radius 2 is 2.04 bits per heavy atom. The molecule has 1 aromatic carbocycles. The molecule has 10 heteroatoms. The number of nitrogens with zero attached hydrogens (tertiary/aromatic N) is 3. The minimum absolute atomic E-state index is 0.0459. The molecule has 1 unspecified atom stereocenters. The van der Waals surface area contributed by atoms with Crippen molar-refractivity contribution < 1.29 is 22.0 Å². The van der Waals surface area contributed by atoms with Crippen molar-refractivity contribution >= 4 is 27.2 Å². The van der Waals surface area contributed by atoms with Crippen molar-refractivity contribution in [2.24, 2.45) is 0 Å². The number of carbonyl (C=O) groups excluding carboxylic acids is 1. The van der Waals surface area contributed by atoms with Crippen LogP contribution in [0.2, 0.25) is 0 Å². The van der Waals surface area contributed by atoms with E-state index in [1.807, 2.05) is 0 Å². The Balaban J connectivity index is 1.72. The molecule has 1 saturated heterocycles. The highest BCUT2D eigenvalue weighted by Crippen LogP contribution is 2.20. The molecule has 27 heavy (non-hydrogen) atoms. The first-order valence-corrected chi connectivity index (χ1v) is 10.2. The summed E-state index contributed by atoms with van der Waals surface area (Å²) in [6.45, 7) is 2.13. The monoisotopic (exact) mass is 396 g/mol. The molecule has 144 valence electrons. The van der Waals surface area contributed by atoms with E-state index in [9.17, 15) is 22.0 Å². The number of aromatic nitrogens is 2. The number of amides is 1. The lowest BCUT2D eigenvalue weighted by Crippen LogP contribution is -2.41. The topological polar surface area (TPSA) is 92.3 Å². The van der Waals surface area contributed by atoms with Gasteiger partial charge in [0.15, 0.2) is 21.5 Å². The van der Waals surface area contributed by atoms with Crippen LogP contribution in [-0.4, -0.2) is 53.3 Å². The number of hydrogen-bond acceptors (Lipinski definition) is 6. The number of rotatable bonds is 5. The number of halogens is 2. The zero-order valence-corrected chi connectivity index (χ0v) is 15.3. The molecule has 2 heterocycles. The van der Waals surface area contributed by atoms with Gasteiger partial charge in [0.25, 0.3) is 5.91 Å². The van der Waals surface area contributed by atoms with Gasteiger partial charge >= 0.3 is 0 Å². The number of nitrogens with one attached hydrogen (secondary N) is 1. The molecule has 0 bridgehead atoms. The fraction of sp³-hybridized carbons (Fsp3) is 0.353. The van der Waals surface area contributed by atoms with Crippen LogP contribution in [0.1, 0.15) is 23.8 Å². The van der Waals surface area contributed by atoms with Crippen molar-refractivity contribution in [1.82, 2.24) is 14.9 Å². The summed E-state index contributed by atoms with van der Waals surface area (Å²) < 4.78 is 49.5. The Morgan fingerprint density at radius 1 is 1.26 bits per heavy atom. The standard InChI is InChI=1S/C17H18F2N4O3S/c1-2-23(12-5-6-27(25,26)10-12)17(24)15-8-21-16(9-20-15)22-11-3-4-13(18)14(19)7-11/h3-4,7-9,12H,2,5-6,10H2,1H3,(H,21,22). The minimum atomic E-state index is -3.11. The van der Waals surface area contributed by atoms with Crippen molar-refractivity contribution in [3.63, 3.8) is 0 Å². The quantitative estimate of drug-likeness (QED) is 0.833. The Bertz CT molecular complexity index is 951. The lowest BCUT2D eigenvalue weighted by molar-refractivity contribution is 0.0702. The van der Waals surface area contributed by atoms with Gasteiger partial charge in [-0.2, -0.15) is 0 Å². The lowest BCUT2D eigenvalue weighted by Gasteiger charge is -2.26. The average molecular weight is 396 g/mol. The van der Waals surface area contributed by atoms with Crippen LogP contribution >= 0.6 is 0 Å². The summed E-state index contributed by atoms with van der Waals surface area (Å²) in [5.74, 6) is -2.07. The summed E-state index contributed by atoms with van der Waals surface area (Å²) in [5, 5.41) is 2.76. The van der Waals surface area contributed by atoms with Gasteiger partial charge < -0.3 is 10.2 Å². The molecule has 1 aliphatic rings. The maximum atomic E-state index is 13.2. The number of hydrogen-bond donors (Lipinski definition) is 1. The fourth-order valence-corrected chi connectivity index (χ4v) is 4.69. The van der Waals surface area contributed by atoms with Crippen LogP contribution in [0.4, 0.5) is 20.3 Å². The van der Waals surface area contributed by atoms with Crippen molar-refractivity contribution in [3.8, 4) is 0 Å². The van der Waals surface area contributed by atoms with E-state index in [4.69, 9.17) is 0 Å². The van der Waals surface area contributed by atoms with Gasteiger partial charge in [-0.15, -0.1) is 0 Å². The average Bonchev–Trinajstić information content (AvgIpc) is 2.99. The minimum Gasteiger partial charge on any atom is -0.339 e. The highest BCUT2D eigenvalue weighted by Gasteiger charge is 2.34. The summed E-state index contributed by atoms with van der Waals surface area (Å²) in [7, 11) is -3.11. The second-order valence-corrected chi connectivity index (χ2v) is 8.42. The SMILES string of the molecule is CCN(C(=O)c1cnc(Nc2ccc(F)c(F)c2)cn1)C1CCS(=O)(=O)C1. The van der Waals surface area contributed by atoms with E-state index in [1.165, 1.54) is 23.4 Å². The van der Waals surface area contributed by atoms with Crippen molar-refractivity contribution in [2.45, 2.75) is 19.4 Å². The van der Waals surface area contributed by atoms with Crippen LogP contribution in [0.3, 0.4) is 0 Å². The van der Waals surface area contributed by atoms with Crippen LogP contribution in [0, 0.1) is 11.6 Å². The fourth-order valence-electron chi connectivity index (χ4n) is 2.96. The molecule has 1 amide bonds. The van der Waals surface area contributed by atoms with Gasteiger partial charge in [0, 0.05) is 24.3 Å². The van der Waals surface area contributed by atoms with Gasteiger partial charge in [0.05, 0.1) is 23.9 Å². The predicted molar refractivity (Wildman–Crippen MR) is 95.4 cm³/mol. The van der Waals surface area contributed by atoms with Crippen molar-refractivity contribution in [2.75, 3.05) is 23.4 Å². The molecule has 1 atom stereocenters. The van der Waals surface area contributed by atoms with Gasteiger partial charge in [-0.25, -0.2) is 27.2 Å². The van der Waals surface area contributed by atoms with E-state index in [1.54, 1.807) is 6.92 Å². The second kappa shape index (κ2) is 7.55. The molecule has 1 N–H and O–H groups in total. The van der Waals surface area contributed by atoms with Crippen LogP contribution in [0.5, 0.6) is 0 Å². The van der Waals surface area contributed by atoms with Crippen molar-refractivity contribution in [1.29, 1.82) is 0 Å². The summed E-state index contributed by atoms with van der Waals surface area (Å²) >= 11 is 0. The van der Waals surface area contributed by atoms with Gasteiger partial charge in [-0.05, 0) is 25.5 Å². The van der Waals surface area contributed by atoms with E-state index in [0.717, 1.165) is 12.1 Å². The Hall–Kier alpha value is -2.62. The molecule has 7 nitrogen and oxygen atoms in total. The zero-order chi connectivity index (χ0) is 19.6. The molecular formula is C17H18F2N4O3S. The molecule has 2 aromatic rings. The number of carbonyl (C=O) groups is 1. The molecule has 1 aromatic heterocycles. The van der Waals surface area contributed by atoms with Crippen LogP contribution < -0.4 is 5.32 Å². The van der Waals surface area contributed by atoms with E-state index in [2.05, 4.69) is 15.3 Å². The van der Waals surface area contributed by atoms with Crippen LogP contribution in [-0.2, 0) is 9.84 Å². The summed E-state index contributed by atoms with van der Waals surface area (Å²) in [4.78, 5) is 22.2. The Kier molecular flexibility index (Phi) is 5.36. The zero-order valence-electron chi connectivity index (χ0n) is 14.5. The first kappa shape index (κ1) is 19.2. The molecule has 3 rings (SSSR count). The third-order valence-corrected chi connectivity index (χ3v) is 6.06. The molecule has 1 fully saturated rings. The summed E-state index contributed by atoms with van der Waals surface area (Å²) in [6, 6.07) is 2.94. The Morgan fingerprint density at radius 3 is 2.59 bits per heavy atom. The lowest BCUT2D eigenvalue weighted by atomic mass is 10.2. The van der Waals surface area contributed by atoms with Crippen LogP contribution in [0.15, 0.2) is 30.6 Å². The highest BCUT2D eigenvalue weighted by atomic mass is 32.2. The highest BCUT2D eigenvalue weighted by molar-refractivity contribution is 7.91. The van der Waals surface area contributed by atoms with Gasteiger partial charge in [0.2, 0.25) is 0 Å². The van der Waals surface area contributed by atoms with E-state index in [-0.39, 0.29) is 34.7 Å². The molecule has 0 aliphatic carbocycles. The number of sulfone groups is 1. The molecular weight excluding hydrogens is 378 g/mol. The van der Waals surface area contributed by atoms with Crippen molar-refractivity contribution in [3.05, 3.63) is 47.9 Å². The molecule has 0 radical (unpaired) electrons. The van der Waals surface area contributed by atoms with Gasteiger partial charge in [-0.3, -0.25) is 4.79 Å². The second-order valence-electron chi connectivity index (χ2n) is 6.19. The third kappa shape index (κ3) is 4.38. The summed E-state index contributed by atoms with van der Waals surface area (Å²) in [6.07, 6.45) is 2.97. The first-order valence-electron chi connectivity index (χ1n) is 8.34. The van der Waals surface area contributed by atoms with E-state index >= 15 is 0 Å². The van der Waals surface area contributed by atoms with Gasteiger partial charge in [0.1, 0.15) is 11.5 Å². The summed E-state index contributed by atoms with van der Waals surface area (Å²) in [5.41, 5.74) is 0.366. The van der Waals surface area contributed by atoms with Gasteiger partial charge in [-0.1, -0.05) is 0 Å². The third-order valence-electron chi connectivity index (χ3n) is 4.31. The molecule has 0 spiro atoms.